The summed E-state index contributed by atoms with van der Waals surface area (Å²) in [5.41, 5.74) is 3.50. The van der Waals surface area contributed by atoms with Gasteiger partial charge in [-0.1, -0.05) is 40.9 Å². The van der Waals surface area contributed by atoms with E-state index in [1.807, 2.05) is 37.3 Å². The van der Waals surface area contributed by atoms with Crippen LogP contribution < -0.4 is 10.2 Å². The molecule has 1 aliphatic rings. The molecule has 4 rings (SSSR count). The highest BCUT2D eigenvalue weighted by Crippen LogP contribution is 2.32. The topological polar surface area (TPSA) is 61.4 Å². The number of benzene rings is 1. The zero-order valence-corrected chi connectivity index (χ0v) is 19.0. The van der Waals surface area contributed by atoms with Crippen LogP contribution >= 0.6 is 34.5 Å². The number of anilines is 3. The van der Waals surface area contributed by atoms with E-state index in [4.69, 9.17) is 23.2 Å². The number of aryl methyl sites for hydroxylation is 2. The van der Waals surface area contributed by atoms with Gasteiger partial charge in [-0.25, -0.2) is 4.98 Å². The van der Waals surface area contributed by atoms with Crippen LogP contribution in [0.25, 0.3) is 0 Å². The second-order valence-electron chi connectivity index (χ2n) is 7.20. The van der Waals surface area contributed by atoms with Gasteiger partial charge >= 0.3 is 0 Å². The Bertz CT molecular complexity index is 1060. The highest BCUT2D eigenvalue weighted by Gasteiger charge is 2.25. The molecule has 3 heterocycles. The predicted molar refractivity (Wildman–Crippen MR) is 124 cm³/mol. The van der Waals surface area contributed by atoms with Crippen molar-refractivity contribution >= 4 is 57.9 Å². The third-order valence-corrected chi connectivity index (χ3v) is 6.41. The normalized spacial score (nSPS) is 14.1. The number of aromatic nitrogens is 2. The quantitative estimate of drug-likeness (QED) is 0.580. The van der Waals surface area contributed by atoms with Gasteiger partial charge in [-0.3, -0.25) is 4.79 Å². The average Bonchev–Trinajstić information content (AvgIpc) is 3.07. The van der Waals surface area contributed by atoms with Crippen molar-refractivity contribution < 1.29 is 4.79 Å². The monoisotopic (exact) mass is 461 g/mol. The predicted octanol–water partition coefficient (Wildman–Crippen LogP) is 5.17. The first-order chi connectivity index (χ1) is 14.4. The summed E-state index contributed by atoms with van der Waals surface area (Å²) in [4.78, 5) is 25.9. The summed E-state index contributed by atoms with van der Waals surface area (Å²) in [6, 6.07) is 11.7. The number of carbonyl (C=O) groups is 1. The third-order valence-electron chi connectivity index (χ3n) is 4.93. The molecular weight excluding hydrogens is 441 g/mol. The number of thiophene rings is 1. The molecule has 0 unspecified atom stereocenters. The van der Waals surface area contributed by atoms with E-state index >= 15 is 0 Å². The van der Waals surface area contributed by atoms with Gasteiger partial charge in [0.2, 0.25) is 5.95 Å². The number of hydrogen-bond donors (Lipinski definition) is 1. The lowest BCUT2D eigenvalue weighted by Gasteiger charge is -2.35. The minimum atomic E-state index is -0.0802. The van der Waals surface area contributed by atoms with Crippen molar-refractivity contribution in [1.82, 2.24) is 14.9 Å². The second-order valence-corrected chi connectivity index (χ2v) is 9.48. The van der Waals surface area contributed by atoms with Crippen LogP contribution in [0.1, 0.15) is 21.6 Å². The standard InChI is InChI=1S/C21H21Cl2N5OS/c1-13-3-5-15(6-4-13)25-21-24-14(2)11-18(26-21)27-7-9-28(10-8-27)20(29)16-12-17(22)30-19(16)23/h3-6,11-12H,7-10H2,1-2H3,(H,24,25,26). The summed E-state index contributed by atoms with van der Waals surface area (Å²) in [6.07, 6.45) is 0. The van der Waals surface area contributed by atoms with Crippen molar-refractivity contribution in [2.24, 2.45) is 0 Å². The van der Waals surface area contributed by atoms with E-state index in [0.29, 0.717) is 46.4 Å². The molecule has 1 aliphatic heterocycles. The van der Waals surface area contributed by atoms with Gasteiger partial charge in [-0.2, -0.15) is 4.98 Å². The molecule has 3 aromatic rings. The lowest BCUT2D eigenvalue weighted by molar-refractivity contribution is 0.0747. The lowest BCUT2D eigenvalue weighted by Crippen LogP contribution is -2.49. The Kier molecular flexibility index (Phi) is 6.13. The van der Waals surface area contributed by atoms with Gasteiger partial charge in [0.25, 0.3) is 5.91 Å². The molecule has 0 radical (unpaired) electrons. The largest absolute Gasteiger partial charge is 0.353 e. The number of halogens is 2. The van der Waals surface area contributed by atoms with Gasteiger partial charge in [-0.15, -0.1) is 11.3 Å². The minimum absolute atomic E-state index is 0.0802. The summed E-state index contributed by atoms with van der Waals surface area (Å²) in [5, 5.41) is 3.27. The molecular formula is C21H21Cl2N5OS. The average molecular weight is 462 g/mol. The Labute approximate surface area is 189 Å². The van der Waals surface area contributed by atoms with Crippen molar-refractivity contribution in [2.45, 2.75) is 13.8 Å². The number of amides is 1. The molecule has 0 aliphatic carbocycles. The number of rotatable bonds is 4. The second kappa shape index (κ2) is 8.79. The minimum Gasteiger partial charge on any atom is -0.353 e. The molecule has 1 fully saturated rings. The molecule has 0 spiro atoms. The van der Waals surface area contributed by atoms with E-state index in [1.165, 1.54) is 16.9 Å². The summed E-state index contributed by atoms with van der Waals surface area (Å²) in [5.74, 6) is 1.33. The van der Waals surface area contributed by atoms with Gasteiger partial charge < -0.3 is 15.1 Å². The Morgan fingerprint density at radius 1 is 1.03 bits per heavy atom. The molecule has 1 amide bonds. The number of hydrogen-bond acceptors (Lipinski definition) is 6. The Balaban J connectivity index is 1.44. The molecule has 1 N–H and O–H groups in total. The fraction of sp³-hybridized carbons (Fsp3) is 0.286. The van der Waals surface area contributed by atoms with Crippen molar-refractivity contribution in [3.8, 4) is 0 Å². The molecule has 1 aromatic carbocycles. The first-order valence-corrected chi connectivity index (χ1v) is 11.1. The van der Waals surface area contributed by atoms with E-state index in [0.717, 1.165) is 17.2 Å². The number of carbonyl (C=O) groups excluding carboxylic acids is 1. The lowest BCUT2D eigenvalue weighted by atomic mass is 10.2. The molecule has 1 saturated heterocycles. The first kappa shape index (κ1) is 20.9. The molecule has 0 saturated carbocycles. The number of nitrogens with one attached hydrogen (secondary N) is 1. The van der Waals surface area contributed by atoms with Crippen LogP contribution in [-0.2, 0) is 0 Å². The van der Waals surface area contributed by atoms with Crippen LogP contribution in [0, 0.1) is 13.8 Å². The third kappa shape index (κ3) is 4.69. The fourth-order valence-electron chi connectivity index (χ4n) is 3.33. The van der Waals surface area contributed by atoms with Gasteiger partial charge in [0, 0.05) is 43.6 Å². The SMILES string of the molecule is Cc1ccc(Nc2nc(C)cc(N3CCN(C(=O)c4cc(Cl)sc4Cl)CC3)n2)cc1. The number of piperazine rings is 1. The number of nitrogens with zero attached hydrogens (tertiary/aromatic N) is 4. The van der Waals surface area contributed by atoms with Crippen LogP contribution in [0.5, 0.6) is 0 Å². The smallest absolute Gasteiger partial charge is 0.256 e. The van der Waals surface area contributed by atoms with E-state index in [2.05, 4.69) is 27.1 Å². The van der Waals surface area contributed by atoms with E-state index in [-0.39, 0.29) is 5.91 Å². The molecule has 2 aromatic heterocycles. The van der Waals surface area contributed by atoms with E-state index in [1.54, 1.807) is 11.0 Å². The zero-order valence-electron chi connectivity index (χ0n) is 16.7. The van der Waals surface area contributed by atoms with Gasteiger partial charge in [0.15, 0.2) is 0 Å². The first-order valence-electron chi connectivity index (χ1n) is 9.57. The van der Waals surface area contributed by atoms with Crippen LogP contribution in [0.15, 0.2) is 36.4 Å². The summed E-state index contributed by atoms with van der Waals surface area (Å²) < 4.78 is 0.956. The van der Waals surface area contributed by atoms with Crippen molar-refractivity contribution in [2.75, 3.05) is 36.4 Å². The molecule has 6 nitrogen and oxygen atoms in total. The Hall–Kier alpha value is -2.35. The maximum Gasteiger partial charge on any atom is 0.256 e. The summed E-state index contributed by atoms with van der Waals surface area (Å²) in [6.45, 7) is 6.55. The molecule has 0 atom stereocenters. The van der Waals surface area contributed by atoms with Crippen LogP contribution in [-0.4, -0.2) is 47.0 Å². The summed E-state index contributed by atoms with van der Waals surface area (Å²) >= 11 is 13.3. The maximum atomic E-state index is 12.7. The molecule has 30 heavy (non-hydrogen) atoms. The highest BCUT2D eigenvalue weighted by atomic mass is 35.5. The van der Waals surface area contributed by atoms with Crippen molar-refractivity contribution in [3.63, 3.8) is 0 Å². The van der Waals surface area contributed by atoms with Gasteiger partial charge in [0.05, 0.1) is 9.90 Å². The summed E-state index contributed by atoms with van der Waals surface area (Å²) in [7, 11) is 0. The van der Waals surface area contributed by atoms with Crippen LogP contribution in [0.2, 0.25) is 8.67 Å². The van der Waals surface area contributed by atoms with E-state index < -0.39 is 0 Å². The van der Waals surface area contributed by atoms with Crippen LogP contribution in [0.3, 0.4) is 0 Å². The Morgan fingerprint density at radius 2 is 1.73 bits per heavy atom. The fourth-order valence-corrected chi connectivity index (χ4v) is 4.78. The van der Waals surface area contributed by atoms with Gasteiger partial charge in [0.1, 0.15) is 10.2 Å². The van der Waals surface area contributed by atoms with Crippen LogP contribution in [0.4, 0.5) is 17.5 Å². The molecule has 9 heteroatoms. The highest BCUT2D eigenvalue weighted by molar-refractivity contribution is 7.20. The van der Waals surface area contributed by atoms with Crippen molar-refractivity contribution in [1.29, 1.82) is 0 Å². The van der Waals surface area contributed by atoms with E-state index in [9.17, 15) is 4.79 Å². The van der Waals surface area contributed by atoms with Crippen molar-refractivity contribution in [3.05, 3.63) is 61.9 Å². The Morgan fingerprint density at radius 3 is 2.37 bits per heavy atom. The molecule has 0 bridgehead atoms. The molecule has 156 valence electrons. The van der Waals surface area contributed by atoms with Gasteiger partial charge in [-0.05, 0) is 32.0 Å². The maximum absolute atomic E-state index is 12.7. The zero-order chi connectivity index (χ0) is 21.3.